The van der Waals surface area contributed by atoms with E-state index in [4.69, 9.17) is 11.6 Å². The molecule has 0 aliphatic rings. The zero-order valence-electron chi connectivity index (χ0n) is 15.0. The predicted octanol–water partition coefficient (Wildman–Crippen LogP) is 3.77. The zero-order valence-corrected chi connectivity index (χ0v) is 15.8. The van der Waals surface area contributed by atoms with Gasteiger partial charge in [-0.25, -0.2) is 0 Å². The van der Waals surface area contributed by atoms with Crippen LogP contribution in [0.15, 0.2) is 48.5 Å². The van der Waals surface area contributed by atoms with Crippen molar-refractivity contribution < 1.29 is 9.59 Å². The second-order valence-corrected chi connectivity index (χ2v) is 6.47. The number of hydrogen-bond donors (Lipinski definition) is 3. The number of carbonyl (C=O) groups excluding carboxylic acids is 2. The van der Waals surface area contributed by atoms with Gasteiger partial charge >= 0.3 is 0 Å². The molecule has 26 heavy (non-hydrogen) atoms. The molecule has 1 unspecified atom stereocenters. The SMILES string of the molecule is CCCNC(=O)c1cccc(NCC(=O)NC(C)c2ccc(Cl)cc2)c1. The Morgan fingerprint density at radius 1 is 1.12 bits per heavy atom. The summed E-state index contributed by atoms with van der Waals surface area (Å²) in [4.78, 5) is 24.1. The summed E-state index contributed by atoms with van der Waals surface area (Å²) < 4.78 is 0. The fraction of sp³-hybridized carbons (Fsp3) is 0.300. The van der Waals surface area contributed by atoms with Crippen LogP contribution in [0.2, 0.25) is 5.02 Å². The van der Waals surface area contributed by atoms with Gasteiger partial charge < -0.3 is 16.0 Å². The highest BCUT2D eigenvalue weighted by molar-refractivity contribution is 6.30. The molecular weight excluding hydrogens is 350 g/mol. The molecule has 0 radical (unpaired) electrons. The van der Waals surface area contributed by atoms with Gasteiger partial charge in [-0.05, 0) is 49.2 Å². The standard InChI is InChI=1S/C20H24ClN3O2/c1-3-11-22-20(26)16-5-4-6-18(12-16)23-13-19(25)24-14(2)15-7-9-17(21)10-8-15/h4-10,12,14,23H,3,11,13H2,1-2H3,(H,22,26)(H,24,25). The van der Waals surface area contributed by atoms with E-state index in [-0.39, 0.29) is 24.4 Å². The molecule has 2 aromatic carbocycles. The van der Waals surface area contributed by atoms with E-state index >= 15 is 0 Å². The number of hydrogen-bond acceptors (Lipinski definition) is 3. The minimum absolute atomic E-state index is 0.115. The molecule has 0 heterocycles. The number of carbonyl (C=O) groups is 2. The smallest absolute Gasteiger partial charge is 0.251 e. The lowest BCUT2D eigenvalue weighted by Crippen LogP contribution is -2.32. The van der Waals surface area contributed by atoms with Gasteiger partial charge in [0, 0.05) is 22.8 Å². The van der Waals surface area contributed by atoms with Gasteiger partial charge in [0.25, 0.3) is 5.91 Å². The van der Waals surface area contributed by atoms with Crippen molar-refractivity contribution >= 4 is 29.1 Å². The van der Waals surface area contributed by atoms with Crippen LogP contribution >= 0.6 is 11.6 Å². The molecule has 0 saturated carbocycles. The number of nitrogens with one attached hydrogen (secondary N) is 3. The molecule has 3 N–H and O–H groups in total. The first-order valence-corrected chi connectivity index (χ1v) is 9.04. The molecule has 0 bridgehead atoms. The van der Waals surface area contributed by atoms with E-state index in [0.29, 0.717) is 17.1 Å². The van der Waals surface area contributed by atoms with Gasteiger partial charge in [-0.2, -0.15) is 0 Å². The molecule has 0 aromatic heterocycles. The Balaban J connectivity index is 1.86. The molecular formula is C20H24ClN3O2. The highest BCUT2D eigenvalue weighted by atomic mass is 35.5. The van der Waals surface area contributed by atoms with Crippen LogP contribution in [0.4, 0.5) is 5.69 Å². The molecule has 2 rings (SSSR count). The Hall–Kier alpha value is -2.53. The largest absolute Gasteiger partial charge is 0.376 e. The third-order valence-corrected chi connectivity index (χ3v) is 4.11. The summed E-state index contributed by atoms with van der Waals surface area (Å²) in [7, 11) is 0. The van der Waals surface area contributed by atoms with Crippen molar-refractivity contribution in [1.82, 2.24) is 10.6 Å². The third kappa shape index (κ3) is 6.08. The summed E-state index contributed by atoms with van der Waals surface area (Å²) >= 11 is 5.88. The summed E-state index contributed by atoms with van der Waals surface area (Å²) in [6.45, 7) is 4.68. The van der Waals surface area contributed by atoms with Gasteiger partial charge in [0.2, 0.25) is 5.91 Å². The molecule has 5 nitrogen and oxygen atoms in total. The van der Waals surface area contributed by atoms with Crippen LogP contribution in [0.3, 0.4) is 0 Å². The number of amides is 2. The average Bonchev–Trinajstić information content (AvgIpc) is 2.65. The Morgan fingerprint density at radius 2 is 1.85 bits per heavy atom. The number of halogens is 1. The van der Waals surface area contributed by atoms with E-state index < -0.39 is 0 Å². The molecule has 2 amide bonds. The summed E-state index contributed by atoms with van der Waals surface area (Å²) in [5, 5.41) is 9.47. The summed E-state index contributed by atoms with van der Waals surface area (Å²) in [5.74, 6) is -0.246. The van der Waals surface area contributed by atoms with Crippen molar-refractivity contribution in [3.05, 3.63) is 64.7 Å². The van der Waals surface area contributed by atoms with Crippen LogP contribution in [0, 0.1) is 0 Å². The lowest BCUT2D eigenvalue weighted by Gasteiger charge is -2.15. The normalized spacial score (nSPS) is 11.5. The van der Waals surface area contributed by atoms with Crippen LogP contribution in [0.5, 0.6) is 0 Å². The van der Waals surface area contributed by atoms with Crippen LogP contribution in [0.25, 0.3) is 0 Å². The molecule has 2 aromatic rings. The lowest BCUT2D eigenvalue weighted by atomic mass is 10.1. The minimum atomic E-state index is -0.131. The van der Waals surface area contributed by atoms with Crippen molar-refractivity contribution in [3.8, 4) is 0 Å². The number of benzene rings is 2. The fourth-order valence-electron chi connectivity index (χ4n) is 2.42. The van der Waals surface area contributed by atoms with Gasteiger partial charge in [-0.3, -0.25) is 9.59 Å². The van der Waals surface area contributed by atoms with E-state index in [9.17, 15) is 9.59 Å². The highest BCUT2D eigenvalue weighted by Gasteiger charge is 2.10. The van der Waals surface area contributed by atoms with Gasteiger partial charge in [-0.1, -0.05) is 36.7 Å². The fourth-order valence-corrected chi connectivity index (χ4v) is 2.55. The molecule has 138 valence electrons. The highest BCUT2D eigenvalue weighted by Crippen LogP contribution is 2.16. The summed E-state index contributed by atoms with van der Waals surface area (Å²) in [5.41, 5.74) is 2.28. The summed E-state index contributed by atoms with van der Waals surface area (Å²) in [6, 6.07) is 14.4. The lowest BCUT2D eigenvalue weighted by molar-refractivity contribution is -0.120. The van der Waals surface area contributed by atoms with Crippen molar-refractivity contribution in [1.29, 1.82) is 0 Å². The van der Waals surface area contributed by atoms with Crippen LogP contribution in [-0.2, 0) is 4.79 Å². The first-order valence-electron chi connectivity index (χ1n) is 8.66. The maximum absolute atomic E-state index is 12.1. The van der Waals surface area contributed by atoms with Gasteiger partial charge in [0.1, 0.15) is 0 Å². The van der Waals surface area contributed by atoms with Crippen LogP contribution < -0.4 is 16.0 Å². The van der Waals surface area contributed by atoms with Gasteiger partial charge in [0.05, 0.1) is 12.6 Å². The van der Waals surface area contributed by atoms with Crippen molar-refractivity contribution in [2.45, 2.75) is 26.3 Å². The topological polar surface area (TPSA) is 70.2 Å². The first-order chi connectivity index (χ1) is 12.5. The number of anilines is 1. The van der Waals surface area contributed by atoms with E-state index in [1.54, 1.807) is 30.3 Å². The average molecular weight is 374 g/mol. The van der Waals surface area contributed by atoms with E-state index in [1.807, 2.05) is 32.0 Å². The third-order valence-electron chi connectivity index (χ3n) is 3.86. The first kappa shape index (κ1) is 19.8. The Kier molecular flexibility index (Phi) is 7.48. The predicted molar refractivity (Wildman–Crippen MR) is 106 cm³/mol. The molecule has 0 saturated heterocycles. The molecule has 0 fully saturated rings. The monoisotopic (exact) mass is 373 g/mol. The van der Waals surface area contributed by atoms with Gasteiger partial charge in [0.15, 0.2) is 0 Å². The quantitative estimate of drug-likeness (QED) is 0.659. The van der Waals surface area contributed by atoms with Crippen molar-refractivity contribution in [3.63, 3.8) is 0 Å². The summed E-state index contributed by atoms with van der Waals surface area (Å²) in [6.07, 6.45) is 0.885. The van der Waals surface area contributed by atoms with Crippen LogP contribution in [-0.4, -0.2) is 24.9 Å². The molecule has 0 aliphatic carbocycles. The zero-order chi connectivity index (χ0) is 18.9. The van der Waals surface area contributed by atoms with Crippen LogP contribution in [0.1, 0.15) is 42.2 Å². The molecule has 6 heteroatoms. The molecule has 1 atom stereocenters. The molecule has 0 aliphatic heterocycles. The Labute approximate surface area is 159 Å². The Morgan fingerprint density at radius 3 is 2.54 bits per heavy atom. The van der Waals surface area contributed by atoms with Gasteiger partial charge in [-0.15, -0.1) is 0 Å². The second-order valence-electron chi connectivity index (χ2n) is 6.03. The minimum Gasteiger partial charge on any atom is -0.376 e. The maximum Gasteiger partial charge on any atom is 0.251 e. The van der Waals surface area contributed by atoms with Crippen molar-refractivity contribution in [2.24, 2.45) is 0 Å². The van der Waals surface area contributed by atoms with E-state index in [1.165, 1.54) is 0 Å². The van der Waals surface area contributed by atoms with E-state index in [2.05, 4.69) is 16.0 Å². The van der Waals surface area contributed by atoms with Crippen molar-refractivity contribution in [2.75, 3.05) is 18.4 Å². The molecule has 0 spiro atoms. The second kappa shape index (κ2) is 9.82. The van der Waals surface area contributed by atoms with E-state index in [0.717, 1.165) is 17.7 Å². The number of rotatable bonds is 8. The Bertz CT molecular complexity index is 747. The maximum atomic E-state index is 12.1.